The van der Waals surface area contributed by atoms with Gasteiger partial charge in [-0.2, -0.15) is 0 Å². The number of nitrogens with zero attached hydrogens (tertiary/aromatic N) is 1. The van der Waals surface area contributed by atoms with Crippen LogP contribution in [0.15, 0.2) is 60.7 Å². The lowest BCUT2D eigenvalue weighted by Crippen LogP contribution is -1.99. The lowest BCUT2D eigenvalue weighted by Gasteiger charge is -2.10. The fourth-order valence-corrected chi connectivity index (χ4v) is 3.46. The second-order valence-electron chi connectivity index (χ2n) is 6.15. The van der Waals surface area contributed by atoms with Crippen LogP contribution in [0.4, 0.5) is 0 Å². The number of benzene rings is 3. The van der Waals surface area contributed by atoms with Crippen molar-refractivity contribution in [2.75, 3.05) is 0 Å². The minimum Gasteiger partial charge on any atom is -0.506 e. The summed E-state index contributed by atoms with van der Waals surface area (Å²) in [6, 6.07) is 20.7. The maximum Gasteiger partial charge on any atom is 0.140 e. The van der Waals surface area contributed by atoms with Crippen molar-refractivity contribution >= 4 is 21.8 Å². The maximum absolute atomic E-state index is 10.6. The summed E-state index contributed by atoms with van der Waals surface area (Å²) in [6.45, 7) is 4.94. The van der Waals surface area contributed by atoms with Crippen molar-refractivity contribution < 1.29 is 5.11 Å². The molecule has 0 aliphatic rings. The SMILES string of the molecule is Cc1cc(O)c2c(c1C)c1ccccc1n2Cc1ccccc1. The van der Waals surface area contributed by atoms with Crippen LogP contribution in [0.25, 0.3) is 21.8 Å². The molecule has 23 heavy (non-hydrogen) atoms. The first-order valence-corrected chi connectivity index (χ1v) is 7.91. The van der Waals surface area contributed by atoms with Crippen LogP contribution in [-0.4, -0.2) is 9.67 Å². The van der Waals surface area contributed by atoms with Crippen LogP contribution in [0.5, 0.6) is 5.75 Å². The summed E-state index contributed by atoms with van der Waals surface area (Å²) in [5.74, 6) is 0.357. The normalized spacial score (nSPS) is 11.4. The second kappa shape index (κ2) is 5.17. The van der Waals surface area contributed by atoms with Crippen LogP contribution in [0, 0.1) is 13.8 Å². The van der Waals surface area contributed by atoms with E-state index in [1.165, 1.54) is 16.5 Å². The van der Waals surface area contributed by atoms with Gasteiger partial charge in [-0.15, -0.1) is 0 Å². The monoisotopic (exact) mass is 301 g/mol. The Bertz CT molecular complexity index is 1010. The molecule has 1 N–H and O–H groups in total. The van der Waals surface area contributed by atoms with E-state index in [4.69, 9.17) is 0 Å². The molecule has 0 fully saturated rings. The molecule has 114 valence electrons. The number of para-hydroxylation sites is 1. The Balaban J connectivity index is 2.11. The first kappa shape index (κ1) is 13.9. The van der Waals surface area contributed by atoms with E-state index < -0.39 is 0 Å². The van der Waals surface area contributed by atoms with Gasteiger partial charge >= 0.3 is 0 Å². The third kappa shape index (κ3) is 2.10. The summed E-state index contributed by atoms with van der Waals surface area (Å²) < 4.78 is 2.22. The van der Waals surface area contributed by atoms with Gasteiger partial charge in [-0.25, -0.2) is 0 Å². The van der Waals surface area contributed by atoms with Crippen molar-refractivity contribution in [3.63, 3.8) is 0 Å². The maximum atomic E-state index is 10.6. The fourth-order valence-electron chi connectivity index (χ4n) is 3.46. The summed E-state index contributed by atoms with van der Waals surface area (Å²) in [7, 11) is 0. The van der Waals surface area contributed by atoms with Crippen molar-refractivity contribution in [3.05, 3.63) is 77.4 Å². The molecule has 0 spiro atoms. The molecule has 2 heteroatoms. The van der Waals surface area contributed by atoms with E-state index in [9.17, 15) is 5.11 Å². The average molecular weight is 301 g/mol. The molecule has 0 bridgehead atoms. The predicted octanol–water partition coefficient (Wildman–Crippen LogP) is 5.17. The van der Waals surface area contributed by atoms with Gasteiger partial charge in [0.15, 0.2) is 0 Å². The van der Waals surface area contributed by atoms with E-state index in [2.05, 4.69) is 66.9 Å². The molecule has 4 aromatic rings. The lowest BCUT2D eigenvalue weighted by atomic mass is 10.0. The molecule has 0 atom stereocenters. The summed E-state index contributed by atoms with van der Waals surface area (Å²) in [5, 5.41) is 13.0. The summed E-state index contributed by atoms with van der Waals surface area (Å²) in [5.41, 5.74) is 5.68. The van der Waals surface area contributed by atoms with Gasteiger partial charge in [0.05, 0.1) is 5.52 Å². The lowest BCUT2D eigenvalue weighted by molar-refractivity contribution is 0.478. The smallest absolute Gasteiger partial charge is 0.140 e. The van der Waals surface area contributed by atoms with Gasteiger partial charge in [0, 0.05) is 22.8 Å². The van der Waals surface area contributed by atoms with Crippen molar-refractivity contribution in [1.82, 2.24) is 4.57 Å². The average Bonchev–Trinajstić information content (AvgIpc) is 2.89. The van der Waals surface area contributed by atoms with Crippen LogP contribution in [0.2, 0.25) is 0 Å². The van der Waals surface area contributed by atoms with Gasteiger partial charge in [-0.3, -0.25) is 0 Å². The number of aryl methyl sites for hydroxylation is 2. The number of hydrogen-bond donors (Lipinski definition) is 1. The third-order valence-electron chi connectivity index (χ3n) is 4.72. The van der Waals surface area contributed by atoms with Crippen molar-refractivity contribution in [2.24, 2.45) is 0 Å². The molecule has 0 saturated heterocycles. The Morgan fingerprint density at radius 1 is 0.913 bits per heavy atom. The van der Waals surface area contributed by atoms with Gasteiger partial charge in [0.2, 0.25) is 0 Å². The van der Waals surface area contributed by atoms with Gasteiger partial charge in [-0.1, -0.05) is 48.5 Å². The first-order valence-electron chi connectivity index (χ1n) is 7.91. The highest BCUT2D eigenvalue weighted by molar-refractivity contribution is 6.12. The molecule has 0 aliphatic carbocycles. The first-order chi connectivity index (χ1) is 11.2. The van der Waals surface area contributed by atoms with E-state index in [1.54, 1.807) is 0 Å². The van der Waals surface area contributed by atoms with Crippen LogP contribution >= 0.6 is 0 Å². The molecule has 0 unspecified atom stereocenters. The highest BCUT2D eigenvalue weighted by atomic mass is 16.3. The Morgan fingerprint density at radius 3 is 2.39 bits per heavy atom. The third-order valence-corrected chi connectivity index (χ3v) is 4.72. The van der Waals surface area contributed by atoms with Crippen LogP contribution < -0.4 is 0 Å². The molecule has 1 heterocycles. The molecule has 3 aromatic carbocycles. The Labute approximate surface area is 135 Å². The van der Waals surface area contributed by atoms with Crippen molar-refractivity contribution in [2.45, 2.75) is 20.4 Å². The summed E-state index contributed by atoms with van der Waals surface area (Å²) >= 11 is 0. The number of hydrogen-bond acceptors (Lipinski definition) is 1. The molecule has 0 aliphatic heterocycles. The molecule has 1 aromatic heterocycles. The highest BCUT2D eigenvalue weighted by Gasteiger charge is 2.17. The fraction of sp³-hybridized carbons (Fsp3) is 0.143. The van der Waals surface area contributed by atoms with Crippen LogP contribution in [-0.2, 0) is 6.54 Å². The minimum atomic E-state index is 0.357. The standard InChI is InChI=1S/C21H19NO/c1-14-12-19(23)21-20(15(14)2)17-10-6-7-11-18(17)22(21)13-16-8-4-3-5-9-16/h3-12,23H,13H2,1-2H3. The zero-order valence-corrected chi connectivity index (χ0v) is 13.4. The Kier molecular flexibility index (Phi) is 3.12. The second-order valence-corrected chi connectivity index (χ2v) is 6.15. The molecular weight excluding hydrogens is 282 g/mol. The van der Waals surface area contributed by atoms with Gasteiger partial charge in [0.25, 0.3) is 0 Å². The number of phenols is 1. The van der Waals surface area contributed by atoms with Crippen molar-refractivity contribution in [3.8, 4) is 5.75 Å². The zero-order valence-electron chi connectivity index (χ0n) is 13.4. The van der Waals surface area contributed by atoms with Gasteiger partial charge < -0.3 is 9.67 Å². The van der Waals surface area contributed by atoms with Gasteiger partial charge in [-0.05, 0) is 42.7 Å². The van der Waals surface area contributed by atoms with Crippen molar-refractivity contribution in [1.29, 1.82) is 0 Å². The zero-order chi connectivity index (χ0) is 16.0. The molecular formula is C21H19NO. The molecule has 0 saturated carbocycles. The minimum absolute atomic E-state index is 0.357. The summed E-state index contributed by atoms with van der Waals surface area (Å²) in [4.78, 5) is 0. The molecule has 2 nitrogen and oxygen atoms in total. The number of aromatic nitrogens is 1. The quantitative estimate of drug-likeness (QED) is 0.543. The molecule has 0 amide bonds. The largest absolute Gasteiger partial charge is 0.506 e. The highest BCUT2D eigenvalue weighted by Crippen LogP contribution is 2.38. The predicted molar refractivity (Wildman–Crippen MR) is 96.1 cm³/mol. The van der Waals surface area contributed by atoms with E-state index >= 15 is 0 Å². The summed E-state index contributed by atoms with van der Waals surface area (Å²) in [6.07, 6.45) is 0. The number of fused-ring (bicyclic) bond motifs is 3. The van der Waals surface area contributed by atoms with E-state index in [1.807, 2.05) is 12.1 Å². The van der Waals surface area contributed by atoms with Crippen LogP contribution in [0.3, 0.4) is 0 Å². The Hall–Kier alpha value is -2.74. The molecule has 0 radical (unpaired) electrons. The topological polar surface area (TPSA) is 25.2 Å². The van der Waals surface area contributed by atoms with Gasteiger partial charge in [0.1, 0.15) is 5.75 Å². The van der Waals surface area contributed by atoms with E-state index in [-0.39, 0.29) is 0 Å². The Morgan fingerprint density at radius 2 is 1.61 bits per heavy atom. The number of aromatic hydroxyl groups is 1. The number of rotatable bonds is 2. The van der Waals surface area contributed by atoms with E-state index in [0.717, 1.165) is 28.5 Å². The molecule has 4 rings (SSSR count). The number of phenolic OH excluding ortho intramolecular Hbond substituents is 1. The van der Waals surface area contributed by atoms with Crippen LogP contribution in [0.1, 0.15) is 16.7 Å². The van der Waals surface area contributed by atoms with E-state index in [0.29, 0.717) is 5.75 Å².